The van der Waals surface area contributed by atoms with Crippen molar-refractivity contribution in [3.8, 4) is 0 Å². The molecular formula is C18H19NO3. The first kappa shape index (κ1) is 14.6. The van der Waals surface area contributed by atoms with Crippen molar-refractivity contribution < 1.29 is 14.3 Å². The van der Waals surface area contributed by atoms with E-state index in [2.05, 4.69) is 5.32 Å². The first-order valence-electron chi connectivity index (χ1n) is 7.55. The highest BCUT2D eigenvalue weighted by atomic mass is 16.5. The van der Waals surface area contributed by atoms with E-state index in [4.69, 9.17) is 4.74 Å². The number of benzene rings is 2. The van der Waals surface area contributed by atoms with Crippen molar-refractivity contribution in [3.63, 3.8) is 0 Å². The van der Waals surface area contributed by atoms with Gasteiger partial charge in [-0.3, -0.25) is 9.59 Å². The van der Waals surface area contributed by atoms with Gasteiger partial charge in [0.15, 0.2) is 6.10 Å². The highest BCUT2D eigenvalue weighted by molar-refractivity contribution is 5.97. The Morgan fingerprint density at radius 2 is 1.86 bits per heavy atom. The fraction of sp³-hybridized carbons (Fsp3) is 0.333. The standard InChI is InChI=1S/C18H19NO3/c1-11-9-16(11)18(21)22-12(2)17(20)19-15-8-7-13-5-3-4-6-14(13)10-15/h3-8,10-12,16H,9H2,1-2H3,(H,19,20)/t11-,12-,16+/m0/s1. The number of carbonyl (C=O) groups excluding carboxylic acids is 2. The third-order valence-corrected chi connectivity index (χ3v) is 4.09. The number of amides is 1. The van der Waals surface area contributed by atoms with Crippen LogP contribution in [0.5, 0.6) is 0 Å². The Morgan fingerprint density at radius 3 is 2.55 bits per heavy atom. The van der Waals surface area contributed by atoms with Crippen LogP contribution in [0, 0.1) is 11.8 Å². The summed E-state index contributed by atoms with van der Waals surface area (Å²) in [5.74, 6) is -0.232. The molecule has 3 rings (SSSR count). The van der Waals surface area contributed by atoms with Gasteiger partial charge >= 0.3 is 5.97 Å². The Hall–Kier alpha value is -2.36. The summed E-state index contributed by atoms with van der Waals surface area (Å²) in [6.45, 7) is 3.60. The van der Waals surface area contributed by atoms with Gasteiger partial charge in [-0.2, -0.15) is 0 Å². The molecule has 1 aliphatic rings. The molecule has 1 aliphatic carbocycles. The lowest BCUT2D eigenvalue weighted by Gasteiger charge is -2.13. The van der Waals surface area contributed by atoms with Gasteiger partial charge in [0.2, 0.25) is 0 Å². The van der Waals surface area contributed by atoms with Gasteiger partial charge < -0.3 is 10.1 Å². The smallest absolute Gasteiger partial charge is 0.309 e. The summed E-state index contributed by atoms with van der Waals surface area (Å²) in [6.07, 6.45) is 0.0736. The molecule has 0 saturated heterocycles. The Morgan fingerprint density at radius 1 is 1.18 bits per heavy atom. The molecule has 1 amide bonds. The first-order chi connectivity index (χ1) is 10.5. The second-order valence-corrected chi connectivity index (χ2v) is 5.95. The molecule has 4 nitrogen and oxygen atoms in total. The lowest BCUT2D eigenvalue weighted by Crippen LogP contribution is -2.30. The molecule has 0 aliphatic heterocycles. The fourth-order valence-corrected chi connectivity index (χ4v) is 2.48. The number of anilines is 1. The highest BCUT2D eigenvalue weighted by Crippen LogP contribution is 2.38. The molecule has 0 aromatic heterocycles. The summed E-state index contributed by atoms with van der Waals surface area (Å²) >= 11 is 0. The fourth-order valence-electron chi connectivity index (χ4n) is 2.48. The molecule has 114 valence electrons. The molecule has 22 heavy (non-hydrogen) atoms. The highest BCUT2D eigenvalue weighted by Gasteiger charge is 2.41. The van der Waals surface area contributed by atoms with E-state index in [1.807, 2.05) is 49.4 Å². The molecule has 3 atom stereocenters. The zero-order chi connectivity index (χ0) is 15.7. The van der Waals surface area contributed by atoms with E-state index < -0.39 is 6.10 Å². The molecule has 0 unspecified atom stereocenters. The topological polar surface area (TPSA) is 55.4 Å². The Kier molecular flexibility index (Phi) is 3.84. The third kappa shape index (κ3) is 3.11. The molecule has 0 radical (unpaired) electrons. The number of carbonyl (C=O) groups is 2. The molecule has 0 bridgehead atoms. The zero-order valence-electron chi connectivity index (χ0n) is 12.7. The molecule has 2 aromatic rings. The van der Waals surface area contributed by atoms with E-state index in [1.165, 1.54) is 0 Å². The Balaban J connectivity index is 1.63. The maximum atomic E-state index is 12.1. The SMILES string of the molecule is C[C@H](OC(=O)[C@@H]1C[C@@H]1C)C(=O)Nc1ccc2ccccc2c1. The Bertz CT molecular complexity index is 725. The molecular weight excluding hydrogens is 278 g/mol. The largest absolute Gasteiger partial charge is 0.452 e. The summed E-state index contributed by atoms with van der Waals surface area (Å²) in [5.41, 5.74) is 0.700. The number of hydrogen-bond acceptors (Lipinski definition) is 3. The third-order valence-electron chi connectivity index (χ3n) is 4.09. The van der Waals surface area contributed by atoms with Gasteiger partial charge in [-0.15, -0.1) is 0 Å². The second kappa shape index (κ2) is 5.79. The van der Waals surface area contributed by atoms with E-state index in [9.17, 15) is 9.59 Å². The van der Waals surface area contributed by atoms with Crippen LogP contribution in [0.4, 0.5) is 5.69 Å². The predicted molar refractivity (Wildman–Crippen MR) is 85.4 cm³/mol. The van der Waals surface area contributed by atoms with Gasteiger partial charge in [-0.25, -0.2) is 0 Å². The lowest BCUT2D eigenvalue weighted by atomic mass is 10.1. The summed E-state index contributed by atoms with van der Waals surface area (Å²) in [6, 6.07) is 13.6. The summed E-state index contributed by atoms with van der Waals surface area (Å²) in [5, 5.41) is 4.96. The average molecular weight is 297 g/mol. The van der Waals surface area contributed by atoms with E-state index in [1.54, 1.807) is 6.92 Å². The van der Waals surface area contributed by atoms with Gasteiger partial charge in [0.25, 0.3) is 5.91 Å². The van der Waals surface area contributed by atoms with Crippen LogP contribution in [0.1, 0.15) is 20.3 Å². The van der Waals surface area contributed by atoms with Crippen molar-refractivity contribution >= 4 is 28.3 Å². The molecule has 4 heteroatoms. The summed E-state index contributed by atoms with van der Waals surface area (Å²) < 4.78 is 5.22. The maximum absolute atomic E-state index is 12.1. The quantitative estimate of drug-likeness (QED) is 0.880. The van der Waals surface area contributed by atoms with Crippen molar-refractivity contribution in [2.75, 3.05) is 5.32 Å². The van der Waals surface area contributed by atoms with E-state index in [-0.39, 0.29) is 17.8 Å². The van der Waals surface area contributed by atoms with Crippen molar-refractivity contribution in [2.24, 2.45) is 11.8 Å². The first-order valence-corrected chi connectivity index (χ1v) is 7.55. The van der Waals surface area contributed by atoms with Gasteiger partial charge in [-0.05, 0) is 42.2 Å². The Labute approximate surface area is 129 Å². The predicted octanol–water partition coefficient (Wildman–Crippen LogP) is 3.37. The second-order valence-electron chi connectivity index (χ2n) is 5.95. The average Bonchev–Trinajstić information content (AvgIpc) is 3.24. The van der Waals surface area contributed by atoms with Crippen molar-refractivity contribution in [1.82, 2.24) is 0 Å². The summed E-state index contributed by atoms with van der Waals surface area (Å²) in [4.78, 5) is 23.9. The van der Waals surface area contributed by atoms with Crippen molar-refractivity contribution in [3.05, 3.63) is 42.5 Å². The monoisotopic (exact) mass is 297 g/mol. The van der Waals surface area contributed by atoms with Crippen LogP contribution in [-0.2, 0) is 14.3 Å². The van der Waals surface area contributed by atoms with E-state index >= 15 is 0 Å². The van der Waals surface area contributed by atoms with Crippen LogP contribution in [0.25, 0.3) is 10.8 Å². The van der Waals surface area contributed by atoms with Gasteiger partial charge in [-0.1, -0.05) is 37.3 Å². The van der Waals surface area contributed by atoms with Gasteiger partial charge in [0.05, 0.1) is 5.92 Å². The number of nitrogens with one attached hydrogen (secondary N) is 1. The van der Waals surface area contributed by atoms with Crippen LogP contribution >= 0.6 is 0 Å². The molecule has 1 fully saturated rings. The van der Waals surface area contributed by atoms with Crippen LogP contribution in [0.15, 0.2) is 42.5 Å². The van der Waals surface area contributed by atoms with E-state index in [0.717, 1.165) is 17.2 Å². The van der Waals surface area contributed by atoms with Crippen molar-refractivity contribution in [2.45, 2.75) is 26.4 Å². The van der Waals surface area contributed by atoms with Gasteiger partial charge in [0, 0.05) is 5.69 Å². The van der Waals surface area contributed by atoms with Crippen LogP contribution in [0.3, 0.4) is 0 Å². The zero-order valence-corrected chi connectivity index (χ0v) is 12.7. The van der Waals surface area contributed by atoms with Crippen LogP contribution < -0.4 is 5.32 Å². The van der Waals surface area contributed by atoms with Crippen molar-refractivity contribution in [1.29, 1.82) is 0 Å². The maximum Gasteiger partial charge on any atom is 0.309 e. The minimum absolute atomic E-state index is 0.0316. The number of rotatable bonds is 4. The van der Waals surface area contributed by atoms with Crippen LogP contribution in [-0.4, -0.2) is 18.0 Å². The van der Waals surface area contributed by atoms with Crippen LogP contribution in [0.2, 0.25) is 0 Å². The molecule has 1 N–H and O–H groups in total. The minimum Gasteiger partial charge on any atom is -0.452 e. The number of fused-ring (bicyclic) bond motifs is 1. The normalized spacial score (nSPS) is 21.2. The number of hydrogen-bond donors (Lipinski definition) is 1. The number of ether oxygens (including phenoxy) is 1. The minimum atomic E-state index is -0.785. The number of esters is 1. The molecule has 2 aromatic carbocycles. The summed E-state index contributed by atoms with van der Waals surface area (Å²) in [7, 11) is 0. The molecule has 1 saturated carbocycles. The lowest BCUT2D eigenvalue weighted by molar-refractivity contribution is -0.154. The molecule has 0 heterocycles. The van der Waals surface area contributed by atoms with E-state index in [0.29, 0.717) is 11.6 Å². The molecule has 0 spiro atoms. The van der Waals surface area contributed by atoms with Gasteiger partial charge in [0.1, 0.15) is 0 Å².